The number of para-hydroxylation sites is 1. The van der Waals surface area contributed by atoms with Crippen molar-refractivity contribution in [2.24, 2.45) is 0 Å². The number of piperidine rings is 1. The number of pyridine rings is 1. The highest BCUT2D eigenvalue weighted by Gasteiger charge is 2.25. The number of aromatic nitrogens is 1. The van der Waals surface area contributed by atoms with Crippen molar-refractivity contribution in [1.82, 2.24) is 9.88 Å². The van der Waals surface area contributed by atoms with Crippen LogP contribution in [0.25, 0.3) is 0 Å². The molecule has 2 heterocycles. The van der Waals surface area contributed by atoms with Gasteiger partial charge >= 0.3 is 0 Å². The maximum absolute atomic E-state index is 12.7. The van der Waals surface area contributed by atoms with E-state index in [9.17, 15) is 4.79 Å². The molecule has 148 valence electrons. The van der Waals surface area contributed by atoms with Gasteiger partial charge in [-0.3, -0.25) is 9.78 Å². The summed E-state index contributed by atoms with van der Waals surface area (Å²) in [4.78, 5) is 19.6. The number of benzene rings is 2. The first kappa shape index (κ1) is 19.2. The molecule has 1 fully saturated rings. The molecule has 0 unspecified atom stereocenters. The Hall–Kier alpha value is -3.14. The third-order valence-electron chi connectivity index (χ3n) is 5.61. The van der Waals surface area contributed by atoms with Gasteiger partial charge in [-0.25, -0.2) is 0 Å². The Morgan fingerprint density at radius 2 is 1.69 bits per heavy atom. The molecule has 1 saturated heterocycles. The summed E-state index contributed by atoms with van der Waals surface area (Å²) in [6, 6.07) is 23.9. The fraction of sp³-hybridized carbons (Fsp3) is 0.280. The maximum Gasteiger partial charge on any atom is 0.253 e. The lowest BCUT2D eigenvalue weighted by atomic mass is 9.92. The quantitative estimate of drug-likeness (QED) is 0.638. The van der Waals surface area contributed by atoms with Crippen LogP contribution in [-0.2, 0) is 6.42 Å². The molecule has 0 N–H and O–H groups in total. The number of carbonyl (C=O) groups is 1. The van der Waals surface area contributed by atoms with E-state index in [0.29, 0.717) is 5.92 Å². The van der Waals surface area contributed by atoms with Gasteiger partial charge in [-0.1, -0.05) is 42.5 Å². The highest BCUT2D eigenvalue weighted by atomic mass is 16.5. The maximum atomic E-state index is 12.7. The van der Waals surface area contributed by atoms with Crippen LogP contribution in [0.1, 0.15) is 46.1 Å². The largest absolute Gasteiger partial charge is 0.496 e. The molecule has 0 atom stereocenters. The van der Waals surface area contributed by atoms with E-state index in [4.69, 9.17) is 9.72 Å². The Labute approximate surface area is 172 Å². The summed E-state index contributed by atoms with van der Waals surface area (Å²) in [7, 11) is 1.70. The van der Waals surface area contributed by atoms with Gasteiger partial charge in [0.15, 0.2) is 0 Å². The fourth-order valence-electron chi connectivity index (χ4n) is 4.01. The molecule has 2 aromatic carbocycles. The van der Waals surface area contributed by atoms with Crippen molar-refractivity contribution in [3.05, 3.63) is 95.3 Å². The van der Waals surface area contributed by atoms with E-state index in [0.717, 1.165) is 60.6 Å². The Kier molecular flexibility index (Phi) is 5.89. The Morgan fingerprint density at radius 3 is 2.45 bits per heavy atom. The van der Waals surface area contributed by atoms with Crippen molar-refractivity contribution in [1.29, 1.82) is 0 Å². The predicted molar refractivity (Wildman–Crippen MR) is 114 cm³/mol. The topological polar surface area (TPSA) is 42.4 Å². The first-order valence-electron chi connectivity index (χ1n) is 10.2. The minimum Gasteiger partial charge on any atom is -0.496 e. The normalized spacial score (nSPS) is 14.6. The lowest BCUT2D eigenvalue weighted by Crippen LogP contribution is -2.38. The van der Waals surface area contributed by atoms with Gasteiger partial charge < -0.3 is 9.64 Å². The summed E-state index contributed by atoms with van der Waals surface area (Å²) in [6.07, 6.45) is 2.65. The number of ether oxygens (including phenoxy) is 1. The van der Waals surface area contributed by atoms with Gasteiger partial charge in [0.2, 0.25) is 0 Å². The van der Waals surface area contributed by atoms with E-state index in [1.54, 1.807) is 7.11 Å². The molecule has 3 aromatic rings. The van der Waals surface area contributed by atoms with Crippen LogP contribution in [0.5, 0.6) is 5.75 Å². The zero-order chi connectivity index (χ0) is 20.1. The number of likely N-dealkylation sites (tertiary alicyclic amines) is 1. The average Bonchev–Trinajstić information content (AvgIpc) is 2.80. The van der Waals surface area contributed by atoms with Crippen LogP contribution < -0.4 is 4.74 Å². The van der Waals surface area contributed by atoms with E-state index < -0.39 is 0 Å². The SMILES string of the molecule is COc1ccccc1Cc1cccc(C2CCN(C(=O)c3ccccc3)CC2)n1. The van der Waals surface area contributed by atoms with Gasteiger partial charge in [-0.2, -0.15) is 0 Å². The molecule has 4 nitrogen and oxygen atoms in total. The molecule has 0 saturated carbocycles. The van der Waals surface area contributed by atoms with Crippen molar-refractivity contribution in [2.75, 3.05) is 20.2 Å². The van der Waals surface area contributed by atoms with Gasteiger partial charge in [0.05, 0.1) is 7.11 Å². The number of methoxy groups -OCH3 is 1. The van der Waals surface area contributed by atoms with Crippen molar-refractivity contribution >= 4 is 5.91 Å². The zero-order valence-electron chi connectivity index (χ0n) is 16.8. The summed E-state index contributed by atoms with van der Waals surface area (Å²) in [5.74, 6) is 1.42. The molecule has 0 spiro atoms. The predicted octanol–water partition coefficient (Wildman–Crippen LogP) is 4.70. The second-order valence-corrected chi connectivity index (χ2v) is 7.47. The molecule has 4 heteroatoms. The van der Waals surface area contributed by atoms with Crippen LogP contribution in [0.15, 0.2) is 72.8 Å². The van der Waals surface area contributed by atoms with Crippen LogP contribution >= 0.6 is 0 Å². The number of hydrogen-bond donors (Lipinski definition) is 0. The lowest BCUT2D eigenvalue weighted by Gasteiger charge is -2.32. The zero-order valence-corrected chi connectivity index (χ0v) is 16.8. The number of rotatable bonds is 5. The van der Waals surface area contributed by atoms with E-state index in [1.807, 2.05) is 53.4 Å². The second kappa shape index (κ2) is 8.91. The number of amides is 1. The molecule has 0 bridgehead atoms. The van der Waals surface area contributed by atoms with Crippen molar-refractivity contribution in [3.8, 4) is 5.75 Å². The van der Waals surface area contributed by atoms with Gasteiger partial charge in [0.25, 0.3) is 5.91 Å². The smallest absolute Gasteiger partial charge is 0.253 e. The van der Waals surface area contributed by atoms with Crippen LogP contribution in [0, 0.1) is 0 Å². The van der Waals surface area contributed by atoms with Gasteiger partial charge in [0.1, 0.15) is 5.75 Å². The molecule has 0 radical (unpaired) electrons. The van der Waals surface area contributed by atoms with Crippen LogP contribution in [0.2, 0.25) is 0 Å². The number of carbonyl (C=O) groups excluding carboxylic acids is 1. The molecule has 1 aliphatic rings. The Bertz CT molecular complexity index is 963. The molecule has 4 rings (SSSR count). The first-order chi connectivity index (χ1) is 14.2. The summed E-state index contributed by atoms with van der Waals surface area (Å²) in [6.45, 7) is 1.55. The summed E-state index contributed by atoms with van der Waals surface area (Å²) < 4.78 is 5.47. The Balaban J connectivity index is 1.41. The standard InChI is InChI=1S/C25H26N2O2/c1-29-24-13-6-5-10-21(24)18-22-11-7-12-23(26-22)19-14-16-27(17-15-19)25(28)20-8-3-2-4-9-20/h2-13,19H,14-18H2,1H3. The van der Waals surface area contributed by atoms with Crippen LogP contribution in [0.4, 0.5) is 0 Å². The number of hydrogen-bond acceptors (Lipinski definition) is 3. The number of nitrogens with zero attached hydrogens (tertiary/aromatic N) is 2. The van der Waals surface area contributed by atoms with Crippen LogP contribution in [-0.4, -0.2) is 36.0 Å². The van der Waals surface area contributed by atoms with Gasteiger partial charge in [-0.05, 0) is 43.2 Å². The van der Waals surface area contributed by atoms with E-state index >= 15 is 0 Å². The summed E-state index contributed by atoms with van der Waals surface area (Å²) >= 11 is 0. The van der Waals surface area contributed by atoms with Gasteiger partial charge in [0, 0.05) is 47.9 Å². The van der Waals surface area contributed by atoms with Crippen molar-refractivity contribution in [2.45, 2.75) is 25.2 Å². The van der Waals surface area contributed by atoms with Crippen molar-refractivity contribution in [3.63, 3.8) is 0 Å². The highest BCUT2D eigenvalue weighted by Crippen LogP contribution is 2.28. The third-order valence-corrected chi connectivity index (χ3v) is 5.61. The first-order valence-corrected chi connectivity index (χ1v) is 10.2. The van der Waals surface area contributed by atoms with Gasteiger partial charge in [-0.15, -0.1) is 0 Å². The molecular formula is C25H26N2O2. The lowest BCUT2D eigenvalue weighted by molar-refractivity contribution is 0.0712. The minimum absolute atomic E-state index is 0.127. The third kappa shape index (κ3) is 4.48. The second-order valence-electron chi connectivity index (χ2n) is 7.47. The van der Waals surface area contributed by atoms with E-state index in [1.165, 1.54) is 0 Å². The fourth-order valence-corrected chi connectivity index (χ4v) is 4.01. The minimum atomic E-state index is 0.127. The molecule has 29 heavy (non-hydrogen) atoms. The molecule has 1 aromatic heterocycles. The molecule has 1 aliphatic heterocycles. The average molecular weight is 386 g/mol. The van der Waals surface area contributed by atoms with E-state index in [-0.39, 0.29) is 5.91 Å². The molecule has 0 aliphatic carbocycles. The molecule has 1 amide bonds. The summed E-state index contributed by atoms with van der Waals surface area (Å²) in [5.41, 5.74) is 4.09. The van der Waals surface area contributed by atoms with E-state index in [2.05, 4.69) is 24.3 Å². The molecular weight excluding hydrogens is 360 g/mol. The summed E-state index contributed by atoms with van der Waals surface area (Å²) in [5, 5.41) is 0. The highest BCUT2D eigenvalue weighted by molar-refractivity contribution is 5.94. The van der Waals surface area contributed by atoms with Crippen LogP contribution in [0.3, 0.4) is 0 Å². The Morgan fingerprint density at radius 1 is 0.966 bits per heavy atom. The van der Waals surface area contributed by atoms with Crippen molar-refractivity contribution < 1.29 is 9.53 Å². The monoisotopic (exact) mass is 386 g/mol.